The van der Waals surface area contributed by atoms with Crippen molar-refractivity contribution in [2.24, 2.45) is 0 Å². The van der Waals surface area contributed by atoms with E-state index in [-0.39, 0.29) is 25.0 Å². The van der Waals surface area contributed by atoms with Crippen molar-refractivity contribution in [3.8, 4) is 0 Å². The third-order valence-corrected chi connectivity index (χ3v) is 5.36. The second-order valence-corrected chi connectivity index (χ2v) is 7.41. The highest BCUT2D eigenvalue weighted by atomic mass is 16.5. The standard InChI is InChI=1S/C23H24N4O4/c1-26(10-12-28)23(30)18-14-20(25-19-5-3-2-4-17(18)19)21-15-27(11-13-31-21)22(29)16-6-8-24-9-7-16/h2-9,14,21,28H,10-13,15H2,1H3/t21-/m0/s1. The molecule has 1 aromatic carbocycles. The van der Waals surface area contributed by atoms with Crippen molar-refractivity contribution in [1.82, 2.24) is 19.8 Å². The lowest BCUT2D eigenvalue weighted by atomic mass is 10.0. The summed E-state index contributed by atoms with van der Waals surface area (Å²) in [7, 11) is 1.65. The van der Waals surface area contributed by atoms with Crippen molar-refractivity contribution in [1.29, 1.82) is 0 Å². The number of pyridine rings is 2. The Morgan fingerprint density at radius 1 is 1.23 bits per heavy atom. The number of aliphatic hydroxyl groups excluding tert-OH is 1. The molecule has 1 saturated heterocycles. The molecule has 8 heteroatoms. The van der Waals surface area contributed by atoms with E-state index in [1.807, 2.05) is 24.3 Å². The van der Waals surface area contributed by atoms with E-state index < -0.39 is 6.10 Å². The number of likely N-dealkylation sites (N-methyl/N-ethyl adjacent to an activating group) is 1. The molecule has 3 heterocycles. The van der Waals surface area contributed by atoms with Crippen molar-refractivity contribution in [2.75, 3.05) is 39.9 Å². The van der Waals surface area contributed by atoms with Crippen LogP contribution in [0.3, 0.4) is 0 Å². The fourth-order valence-corrected chi connectivity index (χ4v) is 3.68. The zero-order valence-corrected chi connectivity index (χ0v) is 17.3. The number of aromatic nitrogens is 2. The lowest BCUT2D eigenvalue weighted by Crippen LogP contribution is -2.42. The number of ether oxygens (including phenoxy) is 1. The van der Waals surface area contributed by atoms with Crippen LogP contribution in [-0.2, 0) is 4.74 Å². The molecule has 4 rings (SSSR count). The van der Waals surface area contributed by atoms with Crippen molar-refractivity contribution < 1.29 is 19.4 Å². The monoisotopic (exact) mass is 420 g/mol. The minimum atomic E-state index is -0.446. The van der Waals surface area contributed by atoms with E-state index in [9.17, 15) is 14.7 Å². The first kappa shape index (κ1) is 20.9. The van der Waals surface area contributed by atoms with Gasteiger partial charge in [0.2, 0.25) is 0 Å². The van der Waals surface area contributed by atoms with Crippen LogP contribution in [-0.4, -0.2) is 76.6 Å². The van der Waals surface area contributed by atoms with E-state index in [1.165, 1.54) is 4.90 Å². The van der Waals surface area contributed by atoms with Crippen LogP contribution in [0.15, 0.2) is 54.9 Å². The van der Waals surface area contributed by atoms with Crippen molar-refractivity contribution >= 4 is 22.7 Å². The normalized spacial score (nSPS) is 16.3. The van der Waals surface area contributed by atoms with E-state index in [4.69, 9.17) is 9.72 Å². The average Bonchev–Trinajstić information content (AvgIpc) is 2.83. The van der Waals surface area contributed by atoms with Crippen LogP contribution in [0.1, 0.15) is 32.5 Å². The lowest BCUT2D eigenvalue weighted by molar-refractivity contribution is -0.0246. The number of carbonyl (C=O) groups is 2. The number of amides is 2. The smallest absolute Gasteiger partial charge is 0.254 e. The second kappa shape index (κ2) is 9.20. The van der Waals surface area contributed by atoms with E-state index in [0.717, 1.165) is 5.39 Å². The summed E-state index contributed by atoms with van der Waals surface area (Å²) in [6.07, 6.45) is 2.74. The summed E-state index contributed by atoms with van der Waals surface area (Å²) in [6, 6.07) is 12.6. The van der Waals surface area contributed by atoms with Crippen LogP contribution in [0.2, 0.25) is 0 Å². The molecule has 1 aliphatic heterocycles. The summed E-state index contributed by atoms with van der Waals surface area (Å²) >= 11 is 0. The third kappa shape index (κ3) is 4.40. The zero-order valence-electron chi connectivity index (χ0n) is 17.3. The van der Waals surface area contributed by atoms with E-state index in [0.29, 0.717) is 42.0 Å². The Kier molecular flexibility index (Phi) is 6.20. The van der Waals surface area contributed by atoms with Gasteiger partial charge in [0.25, 0.3) is 11.8 Å². The van der Waals surface area contributed by atoms with Gasteiger partial charge in [-0.15, -0.1) is 0 Å². The Labute approximate surface area is 180 Å². The number of hydrogen-bond acceptors (Lipinski definition) is 6. The first-order chi connectivity index (χ1) is 15.1. The predicted octanol–water partition coefficient (Wildman–Crippen LogP) is 1.91. The predicted molar refractivity (Wildman–Crippen MR) is 115 cm³/mol. The number of aliphatic hydroxyl groups is 1. The molecule has 3 aromatic rings. The quantitative estimate of drug-likeness (QED) is 0.677. The van der Waals surface area contributed by atoms with Crippen LogP contribution >= 0.6 is 0 Å². The Morgan fingerprint density at radius 2 is 2.00 bits per heavy atom. The molecular formula is C23H24N4O4. The van der Waals surface area contributed by atoms with Gasteiger partial charge in [0.05, 0.1) is 36.5 Å². The Bertz CT molecular complexity index is 1090. The molecule has 0 spiro atoms. The molecular weight excluding hydrogens is 396 g/mol. The van der Waals surface area contributed by atoms with E-state index in [2.05, 4.69) is 4.98 Å². The molecule has 0 saturated carbocycles. The Hall–Kier alpha value is -3.36. The number of fused-ring (bicyclic) bond motifs is 1. The highest BCUT2D eigenvalue weighted by Gasteiger charge is 2.28. The van der Waals surface area contributed by atoms with Gasteiger partial charge >= 0.3 is 0 Å². The maximum atomic E-state index is 13.0. The van der Waals surface area contributed by atoms with Crippen LogP contribution in [0, 0.1) is 0 Å². The number of rotatable bonds is 5. The van der Waals surface area contributed by atoms with Gasteiger partial charge in [-0.2, -0.15) is 0 Å². The van der Waals surface area contributed by atoms with Crippen LogP contribution in [0.5, 0.6) is 0 Å². The Balaban J connectivity index is 1.66. The molecule has 0 radical (unpaired) electrons. The van der Waals surface area contributed by atoms with E-state index in [1.54, 1.807) is 42.5 Å². The van der Waals surface area contributed by atoms with Gasteiger partial charge in [0.15, 0.2) is 0 Å². The molecule has 2 aromatic heterocycles. The number of carbonyl (C=O) groups excluding carboxylic acids is 2. The molecule has 1 fully saturated rings. The van der Waals surface area contributed by atoms with Crippen LogP contribution in [0.25, 0.3) is 10.9 Å². The molecule has 2 amide bonds. The van der Waals surface area contributed by atoms with Gasteiger partial charge in [0, 0.05) is 43.5 Å². The number of benzene rings is 1. The van der Waals surface area contributed by atoms with Gasteiger partial charge < -0.3 is 19.6 Å². The number of hydrogen-bond donors (Lipinski definition) is 1. The van der Waals surface area contributed by atoms with Crippen molar-refractivity contribution in [2.45, 2.75) is 6.10 Å². The molecule has 0 unspecified atom stereocenters. The summed E-state index contributed by atoms with van der Waals surface area (Å²) in [4.78, 5) is 37.8. The molecule has 1 atom stereocenters. The largest absolute Gasteiger partial charge is 0.395 e. The van der Waals surface area contributed by atoms with Crippen molar-refractivity contribution in [3.05, 3.63) is 71.7 Å². The molecule has 8 nitrogen and oxygen atoms in total. The average molecular weight is 420 g/mol. The van der Waals surface area contributed by atoms with Crippen molar-refractivity contribution in [3.63, 3.8) is 0 Å². The third-order valence-electron chi connectivity index (χ3n) is 5.36. The van der Waals surface area contributed by atoms with Gasteiger partial charge in [-0.25, -0.2) is 4.98 Å². The number of nitrogens with zero attached hydrogens (tertiary/aromatic N) is 4. The van der Waals surface area contributed by atoms with Crippen LogP contribution in [0.4, 0.5) is 0 Å². The maximum absolute atomic E-state index is 13.0. The summed E-state index contributed by atoms with van der Waals surface area (Å²) in [5.74, 6) is -0.287. The molecule has 0 aliphatic carbocycles. The number of para-hydroxylation sites is 1. The summed E-state index contributed by atoms with van der Waals surface area (Å²) in [5, 5.41) is 9.95. The summed E-state index contributed by atoms with van der Waals surface area (Å²) in [5.41, 5.74) is 2.36. The summed E-state index contributed by atoms with van der Waals surface area (Å²) < 4.78 is 5.94. The first-order valence-corrected chi connectivity index (χ1v) is 10.2. The fourth-order valence-electron chi connectivity index (χ4n) is 3.68. The van der Waals surface area contributed by atoms with Gasteiger partial charge in [0.1, 0.15) is 6.10 Å². The highest BCUT2D eigenvalue weighted by molar-refractivity contribution is 6.06. The minimum absolute atomic E-state index is 0.0875. The second-order valence-electron chi connectivity index (χ2n) is 7.41. The molecule has 1 aliphatic rings. The topological polar surface area (TPSA) is 95.9 Å². The zero-order chi connectivity index (χ0) is 21.8. The first-order valence-electron chi connectivity index (χ1n) is 10.2. The molecule has 160 valence electrons. The maximum Gasteiger partial charge on any atom is 0.254 e. The van der Waals surface area contributed by atoms with Crippen LogP contribution < -0.4 is 0 Å². The minimum Gasteiger partial charge on any atom is -0.395 e. The summed E-state index contributed by atoms with van der Waals surface area (Å²) in [6.45, 7) is 1.32. The Morgan fingerprint density at radius 3 is 2.77 bits per heavy atom. The lowest BCUT2D eigenvalue weighted by Gasteiger charge is -2.33. The number of morpholine rings is 1. The molecule has 1 N–H and O–H groups in total. The van der Waals surface area contributed by atoms with Gasteiger partial charge in [-0.05, 0) is 24.3 Å². The SMILES string of the molecule is CN(CCO)C(=O)c1cc([C@@H]2CN(C(=O)c3ccncc3)CCO2)nc2ccccc12. The van der Waals surface area contributed by atoms with Gasteiger partial charge in [-0.3, -0.25) is 14.6 Å². The highest BCUT2D eigenvalue weighted by Crippen LogP contribution is 2.27. The fraction of sp³-hybridized carbons (Fsp3) is 0.304. The van der Waals surface area contributed by atoms with E-state index >= 15 is 0 Å². The molecule has 0 bridgehead atoms. The molecule has 31 heavy (non-hydrogen) atoms. The van der Waals surface area contributed by atoms with Gasteiger partial charge in [-0.1, -0.05) is 18.2 Å².